The number of carboxylic acid groups (broad SMARTS) is 1. The normalized spacial score (nSPS) is 16.9. The van der Waals surface area contributed by atoms with Crippen LogP contribution in [0.4, 0.5) is 0 Å². The molecule has 2 heterocycles. The van der Waals surface area contributed by atoms with Crippen molar-refractivity contribution in [2.75, 3.05) is 0 Å². The van der Waals surface area contributed by atoms with Gasteiger partial charge in [0.15, 0.2) is 0 Å². The van der Waals surface area contributed by atoms with Crippen molar-refractivity contribution in [1.82, 2.24) is 9.47 Å². The molecule has 0 fully saturated rings. The molecule has 0 amide bonds. The third-order valence-corrected chi connectivity index (χ3v) is 4.51. The summed E-state index contributed by atoms with van der Waals surface area (Å²) in [7, 11) is 0. The summed E-state index contributed by atoms with van der Waals surface area (Å²) in [5.41, 5.74) is 4.10. The Morgan fingerprint density at radius 2 is 1.75 bits per heavy atom. The first-order chi connectivity index (χ1) is 11.7. The number of nitrogens with zero attached hydrogens (tertiary/aromatic N) is 2. The second-order valence-corrected chi connectivity index (χ2v) is 6.06. The lowest BCUT2D eigenvalue weighted by atomic mass is 10.1. The molecule has 1 unspecified atom stereocenters. The highest BCUT2D eigenvalue weighted by molar-refractivity contribution is 5.76. The zero-order chi connectivity index (χ0) is 16.5. The van der Waals surface area contributed by atoms with Crippen molar-refractivity contribution in [2.45, 2.75) is 19.1 Å². The van der Waals surface area contributed by atoms with Crippen molar-refractivity contribution in [3.05, 3.63) is 89.7 Å². The van der Waals surface area contributed by atoms with Crippen LogP contribution in [0.2, 0.25) is 0 Å². The maximum absolute atomic E-state index is 12.1. The zero-order valence-corrected chi connectivity index (χ0v) is 13.2. The monoisotopic (exact) mass is 318 g/mol. The fraction of sp³-hybridized carbons (Fsp3) is 0.150. The summed E-state index contributed by atoms with van der Waals surface area (Å²) in [6.45, 7) is 1.20. The van der Waals surface area contributed by atoms with Gasteiger partial charge < -0.3 is 9.67 Å². The van der Waals surface area contributed by atoms with Crippen LogP contribution in [-0.2, 0) is 17.9 Å². The first-order valence-electron chi connectivity index (χ1n) is 8.00. The summed E-state index contributed by atoms with van der Waals surface area (Å²) in [5.74, 6) is -0.821. The number of hydrogen-bond acceptors (Lipinski definition) is 2. The van der Waals surface area contributed by atoms with Gasteiger partial charge in [-0.05, 0) is 29.3 Å². The number of fused-ring (bicyclic) bond motifs is 3. The molecular formula is C20H18N2O2. The Bertz CT molecular complexity index is 870. The number of carbonyl (C=O) groups is 1. The predicted octanol–water partition coefficient (Wildman–Crippen LogP) is 3.62. The van der Waals surface area contributed by atoms with Crippen LogP contribution in [-0.4, -0.2) is 20.5 Å². The molecule has 1 N–H and O–H groups in total. The second-order valence-electron chi connectivity index (χ2n) is 6.06. The van der Waals surface area contributed by atoms with E-state index >= 15 is 0 Å². The number of aromatic nitrogens is 1. The van der Waals surface area contributed by atoms with Gasteiger partial charge in [-0.3, -0.25) is 9.69 Å². The maximum atomic E-state index is 12.1. The third kappa shape index (κ3) is 2.51. The van der Waals surface area contributed by atoms with Crippen molar-refractivity contribution in [1.29, 1.82) is 0 Å². The van der Waals surface area contributed by atoms with Gasteiger partial charge in [0.25, 0.3) is 0 Å². The van der Waals surface area contributed by atoms with Crippen LogP contribution < -0.4 is 0 Å². The molecule has 1 atom stereocenters. The molecule has 0 saturated carbocycles. The summed E-state index contributed by atoms with van der Waals surface area (Å²) < 4.78 is 2.00. The average Bonchev–Trinajstić information content (AvgIpc) is 3.00. The van der Waals surface area contributed by atoms with Crippen molar-refractivity contribution in [2.24, 2.45) is 0 Å². The first kappa shape index (κ1) is 14.7. The Hall–Kier alpha value is -2.85. The first-order valence-corrected chi connectivity index (χ1v) is 8.00. The number of hydrogen-bond donors (Lipinski definition) is 1. The van der Waals surface area contributed by atoms with E-state index in [0.717, 1.165) is 22.5 Å². The molecule has 24 heavy (non-hydrogen) atoms. The minimum absolute atomic E-state index is 0.595. The van der Waals surface area contributed by atoms with Gasteiger partial charge in [0, 0.05) is 25.0 Å². The number of rotatable bonds is 3. The third-order valence-electron chi connectivity index (χ3n) is 4.51. The number of carboxylic acids is 1. The van der Waals surface area contributed by atoms with Gasteiger partial charge in [-0.2, -0.15) is 0 Å². The zero-order valence-electron chi connectivity index (χ0n) is 13.2. The Balaban J connectivity index is 1.83. The van der Waals surface area contributed by atoms with Crippen LogP contribution in [0.15, 0.2) is 72.9 Å². The van der Waals surface area contributed by atoms with E-state index in [1.807, 2.05) is 76.3 Å². The summed E-state index contributed by atoms with van der Waals surface area (Å²) in [5, 5.41) is 9.90. The molecule has 1 aliphatic rings. The molecule has 0 spiro atoms. The van der Waals surface area contributed by atoms with E-state index in [0.29, 0.717) is 13.1 Å². The summed E-state index contributed by atoms with van der Waals surface area (Å²) in [4.78, 5) is 14.1. The topological polar surface area (TPSA) is 45.5 Å². The van der Waals surface area contributed by atoms with Gasteiger partial charge in [-0.1, -0.05) is 48.5 Å². The fourth-order valence-corrected chi connectivity index (χ4v) is 3.46. The van der Waals surface area contributed by atoms with E-state index in [9.17, 15) is 9.90 Å². The summed E-state index contributed by atoms with van der Waals surface area (Å²) >= 11 is 0. The van der Waals surface area contributed by atoms with Crippen LogP contribution in [0.25, 0.3) is 5.69 Å². The highest BCUT2D eigenvalue weighted by atomic mass is 16.4. The molecule has 0 saturated heterocycles. The highest BCUT2D eigenvalue weighted by Gasteiger charge is 2.33. The molecule has 2 aromatic carbocycles. The van der Waals surface area contributed by atoms with E-state index < -0.39 is 12.0 Å². The van der Waals surface area contributed by atoms with E-state index in [4.69, 9.17) is 0 Å². The molecule has 4 rings (SSSR count). The Kier molecular flexibility index (Phi) is 3.67. The molecule has 1 aromatic heterocycles. The lowest BCUT2D eigenvalue weighted by molar-refractivity contribution is -0.144. The van der Waals surface area contributed by atoms with Crippen LogP contribution in [0.5, 0.6) is 0 Å². The average molecular weight is 318 g/mol. The van der Waals surface area contributed by atoms with E-state index in [1.165, 1.54) is 0 Å². The molecule has 120 valence electrons. The van der Waals surface area contributed by atoms with Crippen molar-refractivity contribution in [3.8, 4) is 5.69 Å². The predicted molar refractivity (Wildman–Crippen MR) is 91.8 cm³/mol. The maximum Gasteiger partial charge on any atom is 0.327 e. The molecule has 4 heteroatoms. The molecule has 0 radical (unpaired) electrons. The molecule has 3 aromatic rings. The molecule has 1 aliphatic heterocycles. The lowest BCUT2D eigenvalue weighted by Gasteiger charge is -2.27. The van der Waals surface area contributed by atoms with Crippen molar-refractivity contribution < 1.29 is 9.90 Å². The SMILES string of the molecule is O=C(O)C1c2cccn2-c2ccccc2CN1Cc1ccccc1. The molecule has 0 bridgehead atoms. The minimum Gasteiger partial charge on any atom is -0.480 e. The molecule has 0 aliphatic carbocycles. The summed E-state index contributed by atoms with van der Waals surface area (Å²) in [6, 6.07) is 21.3. The Labute approximate surface area is 140 Å². The fourth-order valence-electron chi connectivity index (χ4n) is 3.46. The van der Waals surface area contributed by atoms with Crippen LogP contribution in [0.3, 0.4) is 0 Å². The van der Waals surface area contributed by atoms with Crippen LogP contribution in [0.1, 0.15) is 22.9 Å². The standard InChI is InChI=1S/C20H18N2O2/c23-20(24)19-18-11-6-12-22(18)17-10-5-4-9-16(17)14-21(19)13-15-7-2-1-3-8-15/h1-12,19H,13-14H2,(H,23,24). The Morgan fingerprint density at radius 1 is 1.00 bits per heavy atom. The van der Waals surface area contributed by atoms with E-state index in [2.05, 4.69) is 6.07 Å². The van der Waals surface area contributed by atoms with Gasteiger partial charge >= 0.3 is 5.97 Å². The van der Waals surface area contributed by atoms with Crippen molar-refractivity contribution in [3.63, 3.8) is 0 Å². The largest absolute Gasteiger partial charge is 0.480 e. The number of para-hydroxylation sites is 1. The molecular weight excluding hydrogens is 300 g/mol. The minimum atomic E-state index is -0.821. The van der Waals surface area contributed by atoms with Gasteiger partial charge in [-0.15, -0.1) is 0 Å². The lowest BCUT2D eigenvalue weighted by Crippen LogP contribution is -2.33. The van der Waals surface area contributed by atoms with Crippen molar-refractivity contribution >= 4 is 5.97 Å². The van der Waals surface area contributed by atoms with Gasteiger partial charge in [-0.25, -0.2) is 0 Å². The number of benzene rings is 2. The van der Waals surface area contributed by atoms with E-state index in [1.54, 1.807) is 0 Å². The second kappa shape index (κ2) is 5.98. The molecule has 4 nitrogen and oxygen atoms in total. The van der Waals surface area contributed by atoms with Gasteiger partial charge in [0.2, 0.25) is 0 Å². The van der Waals surface area contributed by atoms with Crippen LogP contribution in [0, 0.1) is 0 Å². The van der Waals surface area contributed by atoms with Gasteiger partial charge in [0.05, 0.1) is 5.69 Å². The summed E-state index contributed by atoms with van der Waals surface area (Å²) in [6.07, 6.45) is 1.94. The highest BCUT2D eigenvalue weighted by Crippen LogP contribution is 2.33. The van der Waals surface area contributed by atoms with Crippen LogP contribution >= 0.6 is 0 Å². The Morgan fingerprint density at radius 3 is 2.54 bits per heavy atom. The van der Waals surface area contributed by atoms with Gasteiger partial charge in [0.1, 0.15) is 6.04 Å². The smallest absolute Gasteiger partial charge is 0.327 e. The quantitative estimate of drug-likeness (QED) is 0.802. The number of aliphatic carboxylic acids is 1. The van der Waals surface area contributed by atoms with E-state index in [-0.39, 0.29) is 0 Å².